The number of nitrogens with zero attached hydrogens (tertiary/aromatic N) is 2. The molecule has 0 amide bonds. The second-order valence-electron chi connectivity index (χ2n) is 5.66. The van der Waals surface area contributed by atoms with Crippen LogP contribution in [0.3, 0.4) is 0 Å². The van der Waals surface area contributed by atoms with Crippen molar-refractivity contribution < 1.29 is 26.2 Å². The summed E-state index contributed by atoms with van der Waals surface area (Å²) in [4.78, 5) is 0. The predicted molar refractivity (Wildman–Crippen MR) is 73.4 cm³/mol. The molecule has 0 saturated heterocycles. The van der Waals surface area contributed by atoms with Crippen molar-refractivity contribution in [2.75, 3.05) is 6.54 Å². The van der Waals surface area contributed by atoms with Crippen LogP contribution < -0.4 is 0 Å². The van der Waals surface area contributed by atoms with E-state index in [1.165, 1.54) is 0 Å². The van der Waals surface area contributed by atoms with Gasteiger partial charge in [0.1, 0.15) is 0 Å². The summed E-state index contributed by atoms with van der Waals surface area (Å²) in [7, 11) is 0. The summed E-state index contributed by atoms with van der Waals surface area (Å²) in [5, 5.41) is 9.17. The van der Waals surface area contributed by atoms with Crippen molar-refractivity contribution in [1.29, 1.82) is 0 Å². The maximum Gasteiger partial charge on any atom is 4.00 e. The molecule has 3 heteroatoms. The number of hydrogen-bond donors (Lipinski definition) is 0. The van der Waals surface area contributed by atoms with Gasteiger partial charge in [-0.15, -0.1) is 11.1 Å². The van der Waals surface area contributed by atoms with Crippen LogP contribution in [0.1, 0.15) is 48.5 Å². The molecule has 0 rings (SSSR count). The molecule has 0 aliphatic heterocycles. The van der Waals surface area contributed by atoms with E-state index in [4.69, 9.17) is 0 Å². The summed E-state index contributed by atoms with van der Waals surface area (Å²) in [6.45, 7) is 15.7. The minimum atomic E-state index is 0. The second kappa shape index (κ2) is 9.79. The topological polar surface area (TPSA) is 28.2 Å². The summed E-state index contributed by atoms with van der Waals surface area (Å²) < 4.78 is 0. The summed E-state index contributed by atoms with van der Waals surface area (Å²) in [6.07, 6.45) is 0. The number of hydrogen-bond acceptors (Lipinski definition) is 0. The van der Waals surface area contributed by atoms with Gasteiger partial charge in [0, 0.05) is 0 Å². The Morgan fingerprint density at radius 3 is 1.50 bits per heavy atom. The normalized spacial score (nSPS) is 12.9. The Balaban J connectivity index is -0.000000240. The first kappa shape index (κ1) is 25.6. The van der Waals surface area contributed by atoms with Gasteiger partial charge in [-0.3, -0.25) is 0 Å². The fourth-order valence-corrected chi connectivity index (χ4v) is 1.11. The van der Waals surface area contributed by atoms with E-state index in [1.54, 1.807) is 0 Å². The van der Waals surface area contributed by atoms with Crippen LogP contribution in [0.2, 0.25) is 0 Å². The Bertz CT molecular complexity index is 145. The molecule has 0 aromatic heterocycles. The number of rotatable bonds is 3. The molecule has 0 aromatic carbocycles. The molecule has 2 nitrogen and oxygen atoms in total. The van der Waals surface area contributed by atoms with Gasteiger partial charge in [0.2, 0.25) is 0 Å². The summed E-state index contributed by atoms with van der Waals surface area (Å²) in [5.74, 6) is 0. The van der Waals surface area contributed by atoms with Gasteiger partial charge in [-0.05, 0) is 0 Å². The van der Waals surface area contributed by atoms with Gasteiger partial charge in [0.25, 0.3) is 0 Å². The molecule has 0 aromatic rings. The van der Waals surface area contributed by atoms with Gasteiger partial charge in [0.15, 0.2) is 0 Å². The molecule has 0 radical (unpaired) electrons. The molecule has 1 unspecified atom stereocenters. The Morgan fingerprint density at radius 2 is 1.25 bits per heavy atom. The van der Waals surface area contributed by atoms with Crippen molar-refractivity contribution in [1.82, 2.24) is 0 Å². The second-order valence-corrected chi connectivity index (χ2v) is 5.66. The molecular formula is C13H30N2Zr. The van der Waals surface area contributed by atoms with Gasteiger partial charge >= 0.3 is 26.2 Å². The van der Waals surface area contributed by atoms with Crippen LogP contribution in [0.15, 0.2) is 0 Å². The first-order valence-corrected chi connectivity index (χ1v) is 5.01. The molecule has 96 valence electrons. The predicted octanol–water partition coefficient (Wildman–Crippen LogP) is 4.62. The Kier molecular flexibility index (Phi) is 15.7. The fraction of sp³-hybridized carbons (Fsp3) is 0.846. The molecule has 0 N–H and O–H groups in total. The minimum absolute atomic E-state index is 0. The van der Waals surface area contributed by atoms with Crippen LogP contribution in [-0.4, -0.2) is 23.7 Å². The zero-order chi connectivity index (χ0) is 10.7. The Labute approximate surface area is 123 Å². The third-order valence-electron chi connectivity index (χ3n) is 1.44. The third-order valence-corrected chi connectivity index (χ3v) is 1.44. The van der Waals surface area contributed by atoms with Crippen LogP contribution >= 0.6 is 0 Å². The molecule has 0 saturated carbocycles. The van der Waals surface area contributed by atoms with E-state index in [9.17, 15) is 0 Å². The van der Waals surface area contributed by atoms with Gasteiger partial charge in [-0.2, -0.15) is 12.6 Å². The van der Waals surface area contributed by atoms with Crippen LogP contribution in [0.4, 0.5) is 0 Å². The van der Waals surface area contributed by atoms with Crippen LogP contribution in [0, 0.1) is 14.9 Å². The van der Waals surface area contributed by atoms with E-state index in [1.807, 2.05) is 0 Å². The zero-order valence-electron chi connectivity index (χ0n) is 12.7. The molecular weight excluding hydrogens is 275 g/mol. The smallest absolute Gasteiger partial charge is 0.659 e. The van der Waals surface area contributed by atoms with Crippen molar-refractivity contribution in [3.63, 3.8) is 0 Å². The monoisotopic (exact) mass is 304 g/mol. The molecule has 0 aliphatic rings. The van der Waals surface area contributed by atoms with Crippen molar-refractivity contribution in [2.24, 2.45) is 0 Å². The van der Waals surface area contributed by atoms with Crippen molar-refractivity contribution in [3.05, 3.63) is 25.5 Å². The SMILES string of the molecule is CC(C[N-]C(C)(C)C)[N-]C(C)(C)C.[CH3-].[CH3-].[Zr+4]. The Hall–Kier alpha value is 0.803. The van der Waals surface area contributed by atoms with Crippen LogP contribution in [-0.2, 0) is 26.2 Å². The molecule has 0 fully saturated rings. The third kappa shape index (κ3) is 20.2. The molecule has 0 spiro atoms. The van der Waals surface area contributed by atoms with Gasteiger partial charge in [0.05, 0.1) is 0 Å². The zero-order valence-corrected chi connectivity index (χ0v) is 15.1. The first-order chi connectivity index (χ1) is 5.60. The van der Waals surface area contributed by atoms with Crippen LogP contribution in [0.5, 0.6) is 0 Å². The molecule has 0 aliphatic carbocycles. The quantitative estimate of drug-likeness (QED) is 0.681. The molecule has 0 bridgehead atoms. The van der Waals surface area contributed by atoms with Crippen molar-refractivity contribution in [2.45, 2.75) is 65.6 Å². The molecule has 0 heterocycles. The van der Waals surface area contributed by atoms with Crippen molar-refractivity contribution in [3.8, 4) is 0 Å². The van der Waals surface area contributed by atoms with Gasteiger partial charge < -0.3 is 25.5 Å². The average Bonchev–Trinajstić information content (AvgIpc) is 1.78. The van der Waals surface area contributed by atoms with Gasteiger partial charge in [-0.25, -0.2) is 0 Å². The average molecular weight is 306 g/mol. The van der Waals surface area contributed by atoms with Crippen LogP contribution in [0.25, 0.3) is 10.6 Å². The standard InChI is InChI=1S/C11H24N2.2CH3.Zr/c1-9(13-11(5,6)7)8-12-10(2,3)4;;;/h9H,8H2,1-7H3;2*1H3;/q-2;2*-1;+4. The van der Waals surface area contributed by atoms with E-state index >= 15 is 0 Å². The minimum Gasteiger partial charge on any atom is -0.659 e. The first-order valence-electron chi connectivity index (χ1n) is 5.01. The van der Waals surface area contributed by atoms with E-state index in [-0.39, 0.29) is 52.1 Å². The van der Waals surface area contributed by atoms with E-state index in [0.29, 0.717) is 6.04 Å². The van der Waals surface area contributed by atoms with E-state index < -0.39 is 0 Å². The maximum absolute atomic E-state index is 4.62. The molecule has 16 heavy (non-hydrogen) atoms. The van der Waals surface area contributed by atoms with Gasteiger partial charge in [-0.1, -0.05) is 48.5 Å². The summed E-state index contributed by atoms with van der Waals surface area (Å²) in [5.41, 5.74) is 0.133. The van der Waals surface area contributed by atoms with E-state index in [0.717, 1.165) is 6.54 Å². The Morgan fingerprint density at radius 1 is 0.875 bits per heavy atom. The fourth-order valence-electron chi connectivity index (χ4n) is 1.11. The molecule has 1 atom stereocenters. The maximum atomic E-state index is 4.62. The van der Waals surface area contributed by atoms with Crippen molar-refractivity contribution >= 4 is 0 Å². The summed E-state index contributed by atoms with van der Waals surface area (Å²) >= 11 is 0. The van der Waals surface area contributed by atoms with E-state index in [2.05, 4.69) is 59.1 Å². The largest absolute Gasteiger partial charge is 4.00 e. The summed E-state index contributed by atoms with van der Waals surface area (Å²) in [6, 6.07) is 0.333.